The van der Waals surface area contributed by atoms with Crippen LogP contribution in [0.15, 0.2) is 53.6 Å². The fraction of sp³-hybridized carbons (Fsp3) is 0.263. The Balaban J connectivity index is 2.04. The molecule has 1 N–H and O–H groups in total. The summed E-state index contributed by atoms with van der Waals surface area (Å²) >= 11 is 0. The third-order valence-electron chi connectivity index (χ3n) is 3.90. The summed E-state index contributed by atoms with van der Waals surface area (Å²) in [7, 11) is -1.89. The van der Waals surface area contributed by atoms with Crippen molar-refractivity contribution in [1.29, 1.82) is 0 Å². The van der Waals surface area contributed by atoms with Crippen LogP contribution in [0, 0.1) is 0 Å². The molecule has 7 nitrogen and oxygen atoms in total. The molecule has 0 bridgehead atoms. The van der Waals surface area contributed by atoms with Gasteiger partial charge in [-0.2, -0.15) is 5.10 Å². The van der Waals surface area contributed by atoms with E-state index in [0.717, 1.165) is 21.9 Å². The summed E-state index contributed by atoms with van der Waals surface area (Å²) < 4.78 is 29.6. The van der Waals surface area contributed by atoms with Crippen molar-refractivity contribution in [1.82, 2.24) is 5.43 Å². The molecule has 0 aliphatic rings. The van der Waals surface area contributed by atoms with Gasteiger partial charge >= 0.3 is 0 Å². The van der Waals surface area contributed by atoms with E-state index in [1.54, 1.807) is 31.2 Å². The van der Waals surface area contributed by atoms with Crippen LogP contribution in [0.4, 0.5) is 5.69 Å². The van der Waals surface area contributed by atoms with Gasteiger partial charge in [0.15, 0.2) is 0 Å². The van der Waals surface area contributed by atoms with E-state index in [1.165, 1.54) is 7.05 Å². The molecule has 0 aromatic heterocycles. The van der Waals surface area contributed by atoms with E-state index in [1.807, 2.05) is 31.2 Å². The molecular weight excluding hydrogens is 366 g/mol. The van der Waals surface area contributed by atoms with Gasteiger partial charge in [-0.15, -0.1) is 0 Å². The van der Waals surface area contributed by atoms with Crippen LogP contribution in [0.2, 0.25) is 0 Å². The van der Waals surface area contributed by atoms with Gasteiger partial charge in [-0.1, -0.05) is 0 Å². The molecular formula is C19H23N3O4S. The smallest absolute Gasteiger partial charge is 0.271 e. The van der Waals surface area contributed by atoms with Gasteiger partial charge in [0.2, 0.25) is 10.0 Å². The fourth-order valence-corrected chi connectivity index (χ4v) is 2.74. The summed E-state index contributed by atoms with van der Waals surface area (Å²) in [4.78, 5) is 12.2. The molecule has 0 saturated heterocycles. The van der Waals surface area contributed by atoms with Crippen molar-refractivity contribution in [3.63, 3.8) is 0 Å². The van der Waals surface area contributed by atoms with Gasteiger partial charge in [-0.25, -0.2) is 13.8 Å². The molecule has 0 aliphatic carbocycles. The SMILES string of the molecule is CCOc1ccc(/C(C)=N\NC(=O)c2ccc(N(C)S(C)(=O)=O)cc2)cc1. The second-order valence-electron chi connectivity index (χ2n) is 5.87. The molecule has 2 rings (SSSR count). The fourth-order valence-electron chi connectivity index (χ4n) is 2.24. The second-order valence-corrected chi connectivity index (χ2v) is 7.89. The van der Waals surface area contributed by atoms with Crippen LogP contribution in [0.3, 0.4) is 0 Å². The number of anilines is 1. The maximum atomic E-state index is 12.2. The number of sulfonamides is 1. The Labute approximate surface area is 159 Å². The first-order chi connectivity index (χ1) is 12.7. The van der Waals surface area contributed by atoms with E-state index in [9.17, 15) is 13.2 Å². The number of ether oxygens (including phenoxy) is 1. The topological polar surface area (TPSA) is 88.1 Å². The minimum atomic E-state index is -3.35. The van der Waals surface area contributed by atoms with Crippen LogP contribution in [-0.4, -0.2) is 39.9 Å². The van der Waals surface area contributed by atoms with Crippen LogP contribution in [0.5, 0.6) is 5.75 Å². The Morgan fingerprint density at radius 2 is 1.63 bits per heavy atom. The van der Waals surface area contributed by atoms with Gasteiger partial charge in [0, 0.05) is 12.6 Å². The molecule has 8 heteroatoms. The number of hydrazone groups is 1. The van der Waals surface area contributed by atoms with E-state index in [4.69, 9.17) is 4.74 Å². The van der Waals surface area contributed by atoms with Crippen LogP contribution < -0.4 is 14.5 Å². The zero-order valence-electron chi connectivity index (χ0n) is 15.8. The lowest BCUT2D eigenvalue weighted by atomic mass is 10.1. The van der Waals surface area contributed by atoms with Crippen LogP contribution >= 0.6 is 0 Å². The Kier molecular flexibility index (Phi) is 6.57. The Morgan fingerprint density at radius 1 is 1.07 bits per heavy atom. The van der Waals surface area contributed by atoms with Gasteiger partial charge in [-0.3, -0.25) is 9.10 Å². The summed E-state index contributed by atoms with van der Waals surface area (Å²) in [5, 5.41) is 4.11. The second kappa shape index (κ2) is 8.68. The van der Waals surface area contributed by atoms with Crippen LogP contribution in [0.1, 0.15) is 29.8 Å². The van der Waals surface area contributed by atoms with Gasteiger partial charge in [0.25, 0.3) is 5.91 Å². The maximum Gasteiger partial charge on any atom is 0.271 e. The Morgan fingerprint density at radius 3 is 2.15 bits per heavy atom. The van der Waals surface area contributed by atoms with Crippen molar-refractivity contribution < 1.29 is 17.9 Å². The maximum absolute atomic E-state index is 12.2. The van der Waals surface area contributed by atoms with Crippen molar-refractivity contribution >= 4 is 27.3 Å². The lowest BCUT2D eigenvalue weighted by molar-refractivity contribution is 0.0955. The molecule has 27 heavy (non-hydrogen) atoms. The largest absolute Gasteiger partial charge is 0.494 e. The zero-order valence-corrected chi connectivity index (χ0v) is 16.6. The lowest BCUT2D eigenvalue weighted by Crippen LogP contribution is -2.25. The normalized spacial score (nSPS) is 11.8. The minimum Gasteiger partial charge on any atom is -0.494 e. The molecule has 144 valence electrons. The van der Waals surface area contributed by atoms with Gasteiger partial charge in [0.1, 0.15) is 5.75 Å². The van der Waals surface area contributed by atoms with Crippen molar-refractivity contribution in [3.8, 4) is 5.75 Å². The van der Waals surface area contributed by atoms with Crippen molar-refractivity contribution in [2.24, 2.45) is 5.10 Å². The summed E-state index contributed by atoms with van der Waals surface area (Å²) in [6.45, 7) is 4.31. The van der Waals surface area contributed by atoms with E-state index in [2.05, 4.69) is 10.5 Å². The summed E-state index contributed by atoms with van der Waals surface area (Å²) in [6.07, 6.45) is 1.12. The number of rotatable bonds is 7. The molecule has 0 spiro atoms. The Hall–Kier alpha value is -2.87. The molecule has 0 unspecified atom stereocenters. The Bertz CT molecular complexity index is 920. The standard InChI is InChI=1S/C19H23N3O4S/c1-5-26-18-12-8-15(9-13-18)14(2)20-21-19(23)16-6-10-17(11-7-16)22(3)27(4,24)25/h6-13H,5H2,1-4H3,(H,21,23)/b20-14-. The number of carbonyl (C=O) groups is 1. The number of amides is 1. The number of nitrogens with one attached hydrogen (secondary N) is 1. The van der Waals surface area contributed by atoms with Gasteiger partial charge in [-0.05, 0) is 67.9 Å². The van der Waals surface area contributed by atoms with E-state index >= 15 is 0 Å². The number of benzene rings is 2. The quantitative estimate of drug-likeness (QED) is 0.582. The number of hydrogen-bond donors (Lipinski definition) is 1. The van der Waals surface area contributed by atoms with E-state index in [0.29, 0.717) is 23.6 Å². The molecule has 0 heterocycles. The average molecular weight is 389 g/mol. The third kappa shape index (κ3) is 5.55. The predicted molar refractivity (Wildman–Crippen MR) is 107 cm³/mol. The first-order valence-corrected chi connectivity index (χ1v) is 10.2. The summed E-state index contributed by atoms with van der Waals surface area (Å²) in [5.41, 5.74) is 4.87. The molecule has 0 atom stereocenters. The van der Waals surface area contributed by atoms with Crippen molar-refractivity contribution in [2.75, 3.05) is 24.2 Å². The lowest BCUT2D eigenvalue weighted by Gasteiger charge is -2.16. The van der Waals surface area contributed by atoms with E-state index < -0.39 is 10.0 Å². The molecule has 1 amide bonds. The highest BCUT2D eigenvalue weighted by molar-refractivity contribution is 7.92. The average Bonchev–Trinajstić information content (AvgIpc) is 2.65. The molecule has 0 fully saturated rings. The highest BCUT2D eigenvalue weighted by Gasteiger charge is 2.12. The van der Waals surface area contributed by atoms with Gasteiger partial charge < -0.3 is 4.74 Å². The molecule has 0 radical (unpaired) electrons. The predicted octanol–water partition coefficient (Wildman–Crippen LogP) is 2.64. The molecule has 2 aromatic carbocycles. The minimum absolute atomic E-state index is 0.379. The van der Waals surface area contributed by atoms with Crippen molar-refractivity contribution in [3.05, 3.63) is 59.7 Å². The molecule has 0 aliphatic heterocycles. The summed E-state index contributed by atoms with van der Waals surface area (Å²) in [6, 6.07) is 13.7. The van der Waals surface area contributed by atoms with Gasteiger partial charge in [0.05, 0.1) is 24.3 Å². The molecule has 2 aromatic rings. The van der Waals surface area contributed by atoms with Crippen LogP contribution in [0.25, 0.3) is 0 Å². The summed E-state index contributed by atoms with van der Waals surface area (Å²) in [5.74, 6) is 0.395. The number of nitrogens with zero attached hydrogens (tertiary/aromatic N) is 2. The molecule has 0 saturated carbocycles. The monoisotopic (exact) mass is 389 g/mol. The van der Waals surface area contributed by atoms with Crippen LogP contribution in [-0.2, 0) is 10.0 Å². The highest BCUT2D eigenvalue weighted by atomic mass is 32.2. The zero-order chi connectivity index (χ0) is 20.0. The number of carbonyl (C=O) groups excluding carboxylic acids is 1. The third-order valence-corrected chi connectivity index (χ3v) is 5.10. The van der Waals surface area contributed by atoms with Crippen molar-refractivity contribution in [2.45, 2.75) is 13.8 Å². The number of hydrogen-bond acceptors (Lipinski definition) is 5. The van der Waals surface area contributed by atoms with E-state index in [-0.39, 0.29) is 5.91 Å². The first-order valence-electron chi connectivity index (χ1n) is 8.34. The highest BCUT2D eigenvalue weighted by Crippen LogP contribution is 2.16. The first kappa shape index (κ1) is 20.4.